The van der Waals surface area contributed by atoms with Gasteiger partial charge in [-0.3, -0.25) is 14.4 Å². The maximum absolute atomic E-state index is 13.9. The predicted molar refractivity (Wildman–Crippen MR) is 292 cm³/mol. The molecule has 0 aromatic heterocycles. The van der Waals surface area contributed by atoms with Gasteiger partial charge in [-0.2, -0.15) is 0 Å². The highest BCUT2D eigenvalue weighted by atomic mass is 16.7. The van der Waals surface area contributed by atoms with E-state index in [9.17, 15) is 14.4 Å². The van der Waals surface area contributed by atoms with Crippen LogP contribution in [-0.4, -0.2) is 49.9 Å². The molecular weight excluding hydrogens is 921 g/mol. The van der Waals surface area contributed by atoms with Crippen LogP contribution in [-0.2, 0) is 53.7 Å². The molecule has 0 saturated carbocycles. The van der Waals surface area contributed by atoms with E-state index in [1.165, 1.54) is 0 Å². The summed E-state index contributed by atoms with van der Waals surface area (Å²) in [5.41, 5.74) is 5.58. The number of rotatable bonds is 22. The normalized spacial score (nSPS) is 14.9. The number of Topliss-reactive ketones (excluding diaryl/α,β-unsaturated/α-hetero) is 3. The number of allylic oxidation sites excluding steroid dienone is 1. The molecular formula is C66H64O8. The molecule has 1 heterocycles. The van der Waals surface area contributed by atoms with E-state index in [-0.39, 0.29) is 23.5 Å². The van der Waals surface area contributed by atoms with Crippen molar-refractivity contribution < 1.29 is 38.1 Å². The molecule has 0 N–H and O–H groups in total. The zero-order chi connectivity index (χ0) is 51.9. The van der Waals surface area contributed by atoms with Crippen LogP contribution >= 0.6 is 0 Å². The summed E-state index contributed by atoms with van der Waals surface area (Å²) < 4.78 is 30.2. The molecule has 2 atom stereocenters. The number of hydrogen-bond donors (Lipinski definition) is 0. The van der Waals surface area contributed by atoms with Crippen molar-refractivity contribution in [1.29, 1.82) is 0 Å². The standard InChI is InChI=1S/C30H28O3.C18H20O3.C18H16O2/c31-29(27-17-9-3-10-18-27)30(28-19-11-4-12-20-28,32-23-21-25-13-5-1-6-14-25)33-24-22-26-15-7-2-8-16-26;1-3-20-18(21-4-2,16-13-9-6-10-14-16)17(19)15-11-7-5-8-12-15;1-2-9-16-18(20-16,15-12-7-4-8-13-15)17(19)14-10-5-3-6-11-14/h1-20H,21-24H2;5-14H,3-4H2,1-2H3;2-13,16H,1H3/b;;9-2+. The lowest BCUT2D eigenvalue weighted by molar-refractivity contribution is -0.209. The Kier molecular flexibility index (Phi) is 20.0. The van der Waals surface area contributed by atoms with E-state index in [1.807, 2.05) is 227 Å². The van der Waals surface area contributed by atoms with Crippen molar-refractivity contribution in [2.45, 2.75) is 56.9 Å². The summed E-state index contributed by atoms with van der Waals surface area (Å²) in [6, 6.07) is 76.5. The topological polar surface area (TPSA) is 101 Å². The molecule has 1 aliphatic rings. The van der Waals surface area contributed by atoms with Gasteiger partial charge in [0.05, 0.1) is 13.2 Å². The van der Waals surface area contributed by atoms with Crippen molar-refractivity contribution in [3.05, 3.63) is 299 Å². The largest absolute Gasteiger partial charge is 0.348 e. The highest BCUT2D eigenvalue weighted by molar-refractivity contribution is 6.05. The molecule has 0 amide bonds. The quantitative estimate of drug-likeness (QED) is 0.0286. The van der Waals surface area contributed by atoms with E-state index < -0.39 is 17.2 Å². The van der Waals surface area contributed by atoms with Gasteiger partial charge in [-0.05, 0) is 50.3 Å². The lowest BCUT2D eigenvalue weighted by Crippen LogP contribution is -2.43. The van der Waals surface area contributed by atoms with Crippen LogP contribution < -0.4 is 0 Å². The number of benzene rings is 8. The molecule has 0 bridgehead atoms. The Bertz CT molecular complexity index is 2880. The summed E-state index contributed by atoms with van der Waals surface area (Å²) in [6.07, 6.45) is 5.04. The Morgan fingerprint density at radius 2 is 0.770 bits per heavy atom. The molecule has 2 unspecified atom stereocenters. The van der Waals surface area contributed by atoms with E-state index in [0.29, 0.717) is 67.1 Å². The number of hydrogen-bond acceptors (Lipinski definition) is 8. The monoisotopic (exact) mass is 984 g/mol. The lowest BCUT2D eigenvalue weighted by Gasteiger charge is -2.33. The third-order valence-electron chi connectivity index (χ3n) is 12.3. The van der Waals surface area contributed by atoms with E-state index in [2.05, 4.69) is 24.3 Å². The summed E-state index contributed by atoms with van der Waals surface area (Å²) in [4.78, 5) is 39.8. The van der Waals surface area contributed by atoms with Crippen molar-refractivity contribution in [2.75, 3.05) is 26.4 Å². The first-order chi connectivity index (χ1) is 36.3. The highest BCUT2D eigenvalue weighted by Crippen LogP contribution is 2.49. The predicted octanol–water partition coefficient (Wildman–Crippen LogP) is 13.8. The van der Waals surface area contributed by atoms with Gasteiger partial charge in [-0.1, -0.05) is 255 Å². The van der Waals surface area contributed by atoms with Crippen LogP contribution in [0.3, 0.4) is 0 Å². The van der Waals surface area contributed by atoms with Crippen molar-refractivity contribution in [3.63, 3.8) is 0 Å². The second kappa shape index (κ2) is 27.4. The number of epoxide rings is 1. The molecule has 0 spiro atoms. The van der Waals surface area contributed by atoms with Crippen LogP contribution in [0, 0.1) is 0 Å². The first-order valence-electron chi connectivity index (χ1n) is 25.2. The van der Waals surface area contributed by atoms with E-state index in [4.69, 9.17) is 23.7 Å². The number of carbonyl (C=O) groups excluding carboxylic acids is 3. The Morgan fingerprint density at radius 3 is 1.14 bits per heavy atom. The molecule has 0 aliphatic carbocycles. The maximum atomic E-state index is 13.9. The Morgan fingerprint density at radius 1 is 0.446 bits per heavy atom. The van der Waals surface area contributed by atoms with Gasteiger partial charge in [0.15, 0.2) is 5.60 Å². The summed E-state index contributed by atoms with van der Waals surface area (Å²) in [6.45, 7) is 7.11. The molecule has 1 fully saturated rings. The SMILES string of the molecule is C/C=C/C1OC1(C(=O)c1ccccc1)c1ccccc1.CCOC(OCC)(C(=O)c1ccccc1)c1ccccc1.O=C(c1ccccc1)C(OCCc1ccccc1)(OCCc1ccccc1)c1ccccc1. The number of carbonyl (C=O) groups is 3. The molecule has 8 nitrogen and oxygen atoms in total. The fourth-order valence-electron chi connectivity index (χ4n) is 8.69. The van der Waals surface area contributed by atoms with E-state index >= 15 is 0 Å². The summed E-state index contributed by atoms with van der Waals surface area (Å²) in [7, 11) is 0. The molecule has 0 radical (unpaired) electrons. The summed E-state index contributed by atoms with van der Waals surface area (Å²) in [5.74, 6) is -3.26. The van der Waals surface area contributed by atoms with Gasteiger partial charge >= 0.3 is 0 Å². The van der Waals surface area contributed by atoms with Crippen molar-refractivity contribution >= 4 is 17.3 Å². The molecule has 9 rings (SSSR count). The zero-order valence-electron chi connectivity index (χ0n) is 42.3. The van der Waals surface area contributed by atoms with Gasteiger partial charge in [0.25, 0.3) is 11.6 Å². The third kappa shape index (κ3) is 13.5. The van der Waals surface area contributed by atoms with Crippen LogP contribution in [0.5, 0.6) is 0 Å². The van der Waals surface area contributed by atoms with E-state index in [0.717, 1.165) is 16.7 Å². The minimum atomic E-state index is -1.52. The molecule has 8 aromatic rings. The van der Waals surface area contributed by atoms with Gasteiger partial charge < -0.3 is 23.7 Å². The Labute approximate surface area is 436 Å². The van der Waals surface area contributed by atoms with Crippen LogP contribution in [0.2, 0.25) is 0 Å². The van der Waals surface area contributed by atoms with Crippen molar-refractivity contribution in [3.8, 4) is 0 Å². The van der Waals surface area contributed by atoms with Gasteiger partial charge in [0.2, 0.25) is 17.3 Å². The van der Waals surface area contributed by atoms with Crippen LogP contribution in [0.1, 0.15) is 79.7 Å². The number of ketones is 3. The fraction of sp³-hybridized carbons (Fsp3) is 0.197. The molecule has 1 saturated heterocycles. The fourth-order valence-corrected chi connectivity index (χ4v) is 8.69. The van der Waals surface area contributed by atoms with Gasteiger partial charge in [0, 0.05) is 41.0 Å². The molecule has 8 aromatic carbocycles. The van der Waals surface area contributed by atoms with Gasteiger partial charge in [0.1, 0.15) is 6.10 Å². The minimum absolute atomic E-state index is 0.0207. The maximum Gasteiger partial charge on any atom is 0.261 e. The second-order valence-corrected chi connectivity index (χ2v) is 17.3. The lowest BCUT2D eigenvalue weighted by atomic mass is 9.87. The first kappa shape index (κ1) is 54.1. The molecule has 1 aliphatic heterocycles. The van der Waals surface area contributed by atoms with Crippen molar-refractivity contribution in [2.24, 2.45) is 0 Å². The summed E-state index contributed by atoms with van der Waals surface area (Å²) >= 11 is 0. The van der Waals surface area contributed by atoms with Crippen LogP contribution in [0.25, 0.3) is 0 Å². The van der Waals surface area contributed by atoms with Gasteiger partial charge in [-0.15, -0.1) is 0 Å². The summed E-state index contributed by atoms with van der Waals surface area (Å²) in [5, 5.41) is 0. The van der Waals surface area contributed by atoms with Gasteiger partial charge in [-0.25, -0.2) is 0 Å². The molecule has 8 heteroatoms. The minimum Gasteiger partial charge on any atom is -0.348 e. The average Bonchev–Trinajstić information content (AvgIpc) is 4.21. The van der Waals surface area contributed by atoms with E-state index in [1.54, 1.807) is 24.3 Å². The molecule has 376 valence electrons. The van der Waals surface area contributed by atoms with Crippen molar-refractivity contribution in [1.82, 2.24) is 0 Å². The van der Waals surface area contributed by atoms with Crippen LogP contribution in [0.15, 0.2) is 255 Å². The number of ether oxygens (including phenoxy) is 5. The molecule has 74 heavy (non-hydrogen) atoms. The second-order valence-electron chi connectivity index (χ2n) is 17.3. The first-order valence-corrected chi connectivity index (χ1v) is 25.2. The smallest absolute Gasteiger partial charge is 0.261 e. The zero-order valence-corrected chi connectivity index (χ0v) is 42.3. The van der Waals surface area contributed by atoms with Crippen LogP contribution in [0.4, 0.5) is 0 Å². The highest BCUT2D eigenvalue weighted by Gasteiger charge is 2.62. The Hall–Kier alpha value is -7.69. The third-order valence-corrected chi connectivity index (χ3v) is 12.3. The Balaban J connectivity index is 0.000000170. The average molecular weight is 985 g/mol.